The van der Waals surface area contributed by atoms with Gasteiger partial charge in [-0.05, 0) is 47.8 Å². The average Bonchev–Trinajstić information content (AvgIpc) is 3.48. The standard InChI is InChI=1S/C22H11Cl3N2O3S2/c23-11-4-6-14-16(9-11)32-22(26-14)27-18(15-2-1-7-31-15)17(20(29)21(27)30)19(28)10-3-5-12(24)13(25)8-10/h1-9,18,28H/b19-17+. The predicted octanol–water partition coefficient (Wildman–Crippen LogP) is 6.94. The molecule has 5 nitrogen and oxygen atoms in total. The molecule has 1 N–H and O–H groups in total. The van der Waals surface area contributed by atoms with E-state index >= 15 is 0 Å². The van der Waals surface area contributed by atoms with Crippen LogP contribution in [0.1, 0.15) is 16.5 Å². The van der Waals surface area contributed by atoms with E-state index in [4.69, 9.17) is 34.8 Å². The van der Waals surface area contributed by atoms with Crippen molar-refractivity contribution >= 4 is 90.3 Å². The lowest BCUT2D eigenvalue weighted by Crippen LogP contribution is -2.28. The van der Waals surface area contributed by atoms with E-state index in [0.29, 0.717) is 25.6 Å². The largest absolute Gasteiger partial charge is 0.507 e. The molecule has 2 aromatic heterocycles. The Morgan fingerprint density at radius 3 is 2.56 bits per heavy atom. The first-order valence-corrected chi connectivity index (χ1v) is 12.0. The maximum atomic E-state index is 13.2. The lowest BCUT2D eigenvalue weighted by Gasteiger charge is -2.21. The van der Waals surface area contributed by atoms with E-state index in [2.05, 4.69) is 4.98 Å². The van der Waals surface area contributed by atoms with Gasteiger partial charge in [0.05, 0.1) is 25.8 Å². The van der Waals surface area contributed by atoms with Crippen LogP contribution in [0.5, 0.6) is 0 Å². The molecule has 0 radical (unpaired) electrons. The fourth-order valence-corrected chi connectivity index (χ4v) is 5.92. The number of nitrogens with zero attached hydrogens (tertiary/aromatic N) is 2. The van der Waals surface area contributed by atoms with E-state index in [0.717, 1.165) is 4.70 Å². The molecular formula is C22H11Cl3N2O3S2. The Balaban J connectivity index is 1.71. The van der Waals surface area contributed by atoms with E-state index in [1.807, 2.05) is 11.4 Å². The quantitative estimate of drug-likeness (QED) is 0.180. The third kappa shape index (κ3) is 3.50. The molecule has 0 bridgehead atoms. The second kappa shape index (κ2) is 8.17. The number of carbonyl (C=O) groups is 2. The molecule has 1 aliphatic rings. The van der Waals surface area contributed by atoms with Crippen LogP contribution >= 0.6 is 57.5 Å². The van der Waals surface area contributed by atoms with Crippen LogP contribution in [0.3, 0.4) is 0 Å². The van der Waals surface area contributed by atoms with Crippen LogP contribution in [0, 0.1) is 0 Å². The number of rotatable bonds is 3. The van der Waals surface area contributed by atoms with Crippen molar-refractivity contribution < 1.29 is 14.7 Å². The predicted molar refractivity (Wildman–Crippen MR) is 130 cm³/mol. The number of amides is 1. The number of halogens is 3. The van der Waals surface area contributed by atoms with Crippen LogP contribution in [0.2, 0.25) is 15.1 Å². The van der Waals surface area contributed by atoms with Gasteiger partial charge in [0.1, 0.15) is 11.8 Å². The number of aliphatic hydroxyl groups excluding tert-OH is 1. The summed E-state index contributed by atoms with van der Waals surface area (Å²) < 4.78 is 0.781. The molecule has 1 aliphatic heterocycles. The Hall–Kier alpha value is -2.42. The third-order valence-electron chi connectivity index (χ3n) is 5.00. The Labute approximate surface area is 205 Å². The summed E-state index contributed by atoms with van der Waals surface area (Å²) in [5, 5.41) is 14.3. The molecule has 0 saturated carbocycles. The molecule has 4 aromatic rings. The van der Waals surface area contributed by atoms with Gasteiger partial charge >= 0.3 is 5.91 Å². The van der Waals surface area contributed by atoms with Crippen LogP contribution < -0.4 is 4.90 Å². The summed E-state index contributed by atoms with van der Waals surface area (Å²) >= 11 is 20.8. The Bertz CT molecular complexity index is 1430. The van der Waals surface area contributed by atoms with Crippen molar-refractivity contribution in [2.75, 3.05) is 4.90 Å². The summed E-state index contributed by atoms with van der Waals surface area (Å²) in [5.74, 6) is -1.90. The number of aliphatic hydroxyl groups is 1. The highest BCUT2D eigenvalue weighted by atomic mass is 35.5. The highest BCUT2D eigenvalue weighted by Crippen LogP contribution is 2.45. The summed E-state index contributed by atoms with van der Waals surface area (Å²) in [7, 11) is 0. The van der Waals surface area contributed by atoms with Crippen molar-refractivity contribution in [3.05, 3.63) is 85.0 Å². The topological polar surface area (TPSA) is 70.5 Å². The molecule has 160 valence electrons. The zero-order valence-corrected chi connectivity index (χ0v) is 19.8. The zero-order chi connectivity index (χ0) is 22.6. The molecule has 0 spiro atoms. The van der Waals surface area contributed by atoms with Crippen LogP contribution in [0.4, 0.5) is 5.13 Å². The third-order valence-corrected chi connectivity index (χ3v) is 7.91. The zero-order valence-electron chi connectivity index (χ0n) is 15.9. The molecule has 1 atom stereocenters. The number of anilines is 1. The second-order valence-electron chi connectivity index (χ2n) is 6.92. The van der Waals surface area contributed by atoms with Crippen molar-refractivity contribution in [2.24, 2.45) is 0 Å². The van der Waals surface area contributed by atoms with Gasteiger partial charge in [-0.25, -0.2) is 4.98 Å². The van der Waals surface area contributed by atoms with Crippen molar-refractivity contribution in [3.8, 4) is 0 Å². The average molecular weight is 522 g/mol. The smallest absolute Gasteiger partial charge is 0.301 e. The number of fused-ring (bicyclic) bond motifs is 1. The van der Waals surface area contributed by atoms with Gasteiger partial charge in [-0.15, -0.1) is 11.3 Å². The second-order valence-corrected chi connectivity index (χ2v) is 10.2. The number of hydrogen-bond donors (Lipinski definition) is 1. The number of carbonyl (C=O) groups excluding carboxylic acids is 2. The molecule has 1 amide bonds. The minimum absolute atomic E-state index is 0.0341. The fourth-order valence-electron chi connectivity index (χ4n) is 3.53. The molecule has 2 aromatic carbocycles. The molecule has 1 fully saturated rings. The van der Waals surface area contributed by atoms with E-state index in [-0.39, 0.29) is 21.9 Å². The van der Waals surface area contributed by atoms with Gasteiger partial charge in [0.15, 0.2) is 5.13 Å². The summed E-state index contributed by atoms with van der Waals surface area (Å²) in [6, 6.07) is 12.5. The van der Waals surface area contributed by atoms with Gasteiger partial charge in [-0.1, -0.05) is 52.2 Å². The van der Waals surface area contributed by atoms with Gasteiger partial charge in [-0.3, -0.25) is 14.5 Å². The van der Waals surface area contributed by atoms with Crippen LogP contribution in [-0.2, 0) is 9.59 Å². The summed E-state index contributed by atoms with van der Waals surface area (Å²) in [4.78, 5) is 32.9. The highest BCUT2D eigenvalue weighted by molar-refractivity contribution is 7.22. The number of benzene rings is 2. The molecule has 1 saturated heterocycles. The van der Waals surface area contributed by atoms with E-state index in [1.54, 1.807) is 30.3 Å². The molecule has 3 heterocycles. The molecule has 1 unspecified atom stereocenters. The van der Waals surface area contributed by atoms with Gasteiger partial charge in [-0.2, -0.15) is 0 Å². The SMILES string of the molecule is O=C1C(=O)N(c2nc3ccc(Cl)cc3s2)C(c2cccs2)/C1=C(\O)c1ccc(Cl)c(Cl)c1. The number of ketones is 1. The lowest BCUT2D eigenvalue weighted by molar-refractivity contribution is -0.132. The van der Waals surface area contributed by atoms with E-state index in [1.165, 1.54) is 39.7 Å². The minimum Gasteiger partial charge on any atom is -0.507 e. The number of hydrogen-bond acceptors (Lipinski definition) is 6. The van der Waals surface area contributed by atoms with Crippen molar-refractivity contribution in [2.45, 2.75) is 6.04 Å². The highest BCUT2D eigenvalue weighted by Gasteiger charge is 2.48. The lowest BCUT2D eigenvalue weighted by atomic mass is 10.00. The monoisotopic (exact) mass is 520 g/mol. The Morgan fingerprint density at radius 2 is 1.84 bits per heavy atom. The summed E-state index contributed by atoms with van der Waals surface area (Å²) in [6.07, 6.45) is 0. The van der Waals surface area contributed by atoms with Gasteiger partial charge in [0, 0.05) is 15.5 Å². The van der Waals surface area contributed by atoms with E-state index < -0.39 is 17.7 Å². The van der Waals surface area contributed by atoms with Crippen molar-refractivity contribution in [3.63, 3.8) is 0 Å². The number of thiazole rings is 1. The molecule has 10 heteroatoms. The molecular weight excluding hydrogens is 511 g/mol. The molecule has 5 rings (SSSR count). The van der Waals surface area contributed by atoms with Crippen molar-refractivity contribution in [1.29, 1.82) is 0 Å². The van der Waals surface area contributed by atoms with Gasteiger partial charge in [0.25, 0.3) is 5.78 Å². The van der Waals surface area contributed by atoms with Crippen LogP contribution in [-0.4, -0.2) is 21.8 Å². The first-order valence-electron chi connectivity index (χ1n) is 9.21. The summed E-state index contributed by atoms with van der Waals surface area (Å²) in [6.45, 7) is 0. The maximum Gasteiger partial charge on any atom is 0.301 e. The van der Waals surface area contributed by atoms with Crippen LogP contribution in [0.25, 0.3) is 16.0 Å². The normalized spacial score (nSPS) is 18.1. The van der Waals surface area contributed by atoms with Crippen LogP contribution in [0.15, 0.2) is 59.5 Å². The number of Topliss-reactive ketones (excluding diaryl/α,β-unsaturated/α-hetero) is 1. The van der Waals surface area contributed by atoms with Gasteiger partial charge < -0.3 is 5.11 Å². The molecule has 32 heavy (non-hydrogen) atoms. The number of thiophene rings is 1. The minimum atomic E-state index is -0.833. The first kappa shape index (κ1) is 21.4. The summed E-state index contributed by atoms with van der Waals surface area (Å²) in [5.41, 5.74) is 0.911. The molecule has 0 aliphatic carbocycles. The van der Waals surface area contributed by atoms with Gasteiger partial charge in [0.2, 0.25) is 0 Å². The Kier molecular flexibility index (Phi) is 5.47. The number of aromatic nitrogens is 1. The maximum absolute atomic E-state index is 13.2. The fraction of sp³-hybridized carbons (Fsp3) is 0.0455. The first-order chi connectivity index (χ1) is 15.3. The Morgan fingerprint density at radius 1 is 1.03 bits per heavy atom. The van der Waals surface area contributed by atoms with E-state index in [9.17, 15) is 14.7 Å². The van der Waals surface area contributed by atoms with Crippen molar-refractivity contribution in [1.82, 2.24) is 4.98 Å².